The Hall–Kier alpha value is -5.04. The monoisotopic (exact) mass is 770 g/mol. The molecule has 6 rings (SSSR count). The van der Waals surface area contributed by atoms with Crippen molar-refractivity contribution < 1.29 is 45.3 Å². The number of benzene rings is 3. The fourth-order valence-corrected chi connectivity index (χ4v) is 6.96. The third-order valence-corrected chi connectivity index (χ3v) is 10.3. The largest absolute Gasteiger partial charge is 0.516 e. The Morgan fingerprint density at radius 1 is 1.02 bits per heavy atom. The van der Waals surface area contributed by atoms with E-state index in [1.807, 2.05) is 49.4 Å². The highest BCUT2D eigenvalue weighted by Crippen LogP contribution is 2.38. The summed E-state index contributed by atoms with van der Waals surface area (Å²) in [4.78, 5) is 18.6. The van der Waals surface area contributed by atoms with Crippen LogP contribution >= 0.6 is 11.6 Å². The van der Waals surface area contributed by atoms with Gasteiger partial charge >= 0.3 is 15.5 Å². The fourth-order valence-electron chi connectivity index (χ4n) is 6.21. The fraction of sp³-hybridized carbons (Fsp3) is 0.324. The molecule has 4 aromatic rings. The normalized spacial score (nSPS) is 16.0. The maximum atomic E-state index is 13.1. The molecular formula is C37H34ClF3N4O7S. The Balaban J connectivity index is 1.26. The standard InChI is InChI=1S/C37H34ClF3N4O7S/c1-23-27(5-4-6-29(23)26-8-9-32-35(15-26)50-12-11-49-32)22-52-34-16-33(51-21-25-13-24(17-42)18-43-19-25)28(14-30(34)38)20-45-10-3-2-7-31(45)36(46)44-53(47,48)37(39,40)41/h4-6,8-9,13-16,18-19,31H,2-3,7,10-12,20-22H2,1H3,(H,44,46). The van der Waals surface area contributed by atoms with Gasteiger partial charge in [0.1, 0.15) is 44.0 Å². The van der Waals surface area contributed by atoms with Crippen LogP contribution in [0.5, 0.6) is 23.0 Å². The zero-order valence-electron chi connectivity index (χ0n) is 28.4. The molecule has 0 bridgehead atoms. The lowest BCUT2D eigenvalue weighted by Gasteiger charge is -2.35. The maximum absolute atomic E-state index is 13.1. The summed E-state index contributed by atoms with van der Waals surface area (Å²) in [5.74, 6) is 0.663. The van der Waals surface area contributed by atoms with E-state index in [1.165, 1.54) is 17.1 Å². The van der Waals surface area contributed by atoms with Gasteiger partial charge in [-0.1, -0.05) is 42.3 Å². The van der Waals surface area contributed by atoms with Gasteiger partial charge in [-0.05, 0) is 72.8 Å². The number of fused-ring (bicyclic) bond motifs is 1. The molecule has 1 aromatic heterocycles. The number of halogens is 4. The van der Waals surface area contributed by atoms with E-state index in [4.69, 9.17) is 30.5 Å². The first-order chi connectivity index (χ1) is 25.3. The number of nitriles is 1. The second-order valence-corrected chi connectivity index (χ2v) is 14.6. The van der Waals surface area contributed by atoms with Gasteiger partial charge in [-0.15, -0.1) is 0 Å². The van der Waals surface area contributed by atoms with Crippen molar-refractivity contribution in [1.29, 1.82) is 5.26 Å². The minimum atomic E-state index is -5.89. The molecule has 3 heterocycles. The van der Waals surface area contributed by atoms with Crippen LogP contribution in [0.2, 0.25) is 5.02 Å². The molecule has 278 valence electrons. The number of ether oxygens (including phenoxy) is 4. The van der Waals surface area contributed by atoms with Crippen LogP contribution in [0.3, 0.4) is 0 Å². The third kappa shape index (κ3) is 8.78. The molecular weight excluding hydrogens is 737 g/mol. The molecule has 2 aliphatic rings. The van der Waals surface area contributed by atoms with Crippen LogP contribution in [-0.4, -0.2) is 55.5 Å². The molecule has 1 saturated heterocycles. The Morgan fingerprint density at radius 3 is 2.57 bits per heavy atom. The summed E-state index contributed by atoms with van der Waals surface area (Å²) in [6.45, 7) is 3.36. The van der Waals surface area contributed by atoms with Crippen LogP contribution in [0.1, 0.15) is 47.1 Å². The number of sulfonamides is 1. The average Bonchev–Trinajstić information content (AvgIpc) is 3.14. The van der Waals surface area contributed by atoms with Crippen molar-refractivity contribution in [2.45, 2.75) is 57.5 Å². The second-order valence-electron chi connectivity index (χ2n) is 12.5. The highest BCUT2D eigenvalue weighted by molar-refractivity contribution is 7.90. The number of piperidine rings is 1. The van der Waals surface area contributed by atoms with Crippen molar-refractivity contribution in [2.75, 3.05) is 19.8 Å². The molecule has 1 unspecified atom stereocenters. The van der Waals surface area contributed by atoms with Crippen molar-refractivity contribution >= 4 is 27.5 Å². The predicted octanol–water partition coefficient (Wildman–Crippen LogP) is 6.83. The van der Waals surface area contributed by atoms with Crippen molar-refractivity contribution in [1.82, 2.24) is 14.6 Å². The first kappa shape index (κ1) is 37.7. The smallest absolute Gasteiger partial charge is 0.488 e. The molecule has 3 aromatic carbocycles. The number of aromatic nitrogens is 1. The first-order valence-corrected chi connectivity index (χ1v) is 18.5. The number of hydrogen-bond acceptors (Lipinski definition) is 10. The molecule has 0 spiro atoms. The number of carbonyl (C=O) groups excluding carboxylic acids is 1. The molecule has 1 fully saturated rings. The summed E-state index contributed by atoms with van der Waals surface area (Å²) in [6, 6.07) is 17.3. The second kappa shape index (κ2) is 15.9. The van der Waals surface area contributed by atoms with Gasteiger partial charge in [0.25, 0.3) is 5.91 Å². The molecule has 1 amide bonds. The average molecular weight is 771 g/mol. The quantitative estimate of drug-likeness (QED) is 0.173. The van der Waals surface area contributed by atoms with Gasteiger partial charge in [0.05, 0.1) is 16.6 Å². The third-order valence-electron chi connectivity index (χ3n) is 8.95. The lowest BCUT2D eigenvalue weighted by atomic mass is 9.96. The molecule has 16 heteroatoms. The van der Waals surface area contributed by atoms with Crippen molar-refractivity contribution in [3.63, 3.8) is 0 Å². The summed E-state index contributed by atoms with van der Waals surface area (Å²) >= 11 is 6.76. The van der Waals surface area contributed by atoms with Crippen molar-refractivity contribution in [3.8, 4) is 40.2 Å². The number of likely N-dealkylation sites (tertiary alicyclic amines) is 1. The minimum absolute atomic E-state index is 0.00729. The Labute approximate surface area is 309 Å². The van der Waals surface area contributed by atoms with Crippen molar-refractivity contribution in [2.24, 2.45) is 0 Å². The molecule has 1 atom stereocenters. The van der Waals surface area contributed by atoms with E-state index in [9.17, 15) is 31.6 Å². The highest BCUT2D eigenvalue weighted by Gasteiger charge is 2.48. The summed E-state index contributed by atoms with van der Waals surface area (Å²) < 4.78 is 87.7. The predicted molar refractivity (Wildman–Crippen MR) is 188 cm³/mol. The Kier molecular flexibility index (Phi) is 11.3. The molecule has 2 aliphatic heterocycles. The number of nitrogens with zero attached hydrogens (tertiary/aromatic N) is 3. The molecule has 0 radical (unpaired) electrons. The summed E-state index contributed by atoms with van der Waals surface area (Å²) in [6.07, 6.45) is 4.22. The zero-order chi connectivity index (χ0) is 37.8. The minimum Gasteiger partial charge on any atom is -0.488 e. The van der Waals surface area contributed by atoms with E-state index >= 15 is 0 Å². The number of pyridine rings is 1. The van der Waals surface area contributed by atoms with Gasteiger partial charge < -0.3 is 18.9 Å². The Morgan fingerprint density at radius 2 is 1.79 bits per heavy atom. The van der Waals surface area contributed by atoms with Gasteiger partial charge in [0.15, 0.2) is 11.5 Å². The van der Waals surface area contributed by atoms with Crippen LogP contribution < -0.4 is 23.7 Å². The van der Waals surface area contributed by atoms with Gasteiger partial charge in [0, 0.05) is 36.1 Å². The molecule has 1 N–H and O–H groups in total. The van der Waals surface area contributed by atoms with Crippen molar-refractivity contribution in [3.05, 3.63) is 99.8 Å². The van der Waals surface area contributed by atoms with E-state index < -0.39 is 27.5 Å². The highest BCUT2D eigenvalue weighted by atomic mass is 35.5. The number of hydrogen-bond donors (Lipinski definition) is 1. The van der Waals surface area contributed by atoms with Gasteiger partial charge in [-0.2, -0.15) is 26.9 Å². The van der Waals surface area contributed by atoms with Crippen LogP contribution in [-0.2, 0) is 34.6 Å². The summed E-state index contributed by atoms with van der Waals surface area (Å²) in [7, 11) is -5.89. The number of rotatable bonds is 11. The van der Waals surface area contributed by atoms with E-state index in [0.717, 1.165) is 22.3 Å². The van der Waals surface area contributed by atoms with Gasteiger partial charge in [-0.3, -0.25) is 14.7 Å². The number of carbonyl (C=O) groups is 1. The summed E-state index contributed by atoms with van der Waals surface area (Å²) in [5.41, 5.74) is -0.470. The van der Waals surface area contributed by atoms with Gasteiger partial charge in [-0.25, -0.2) is 4.72 Å². The summed E-state index contributed by atoms with van der Waals surface area (Å²) in [5, 5.41) is 9.52. The molecule has 53 heavy (non-hydrogen) atoms. The number of nitrogens with one attached hydrogen (secondary N) is 1. The van der Waals surface area contributed by atoms with Crippen LogP contribution in [0, 0.1) is 18.3 Å². The lowest BCUT2D eigenvalue weighted by Crippen LogP contribution is -2.52. The molecule has 0 aliphatic carbocycles. The Bertz CT molecular complexity index is 2160. The lowest BCUT2D eigenvalue weighted by molar-refractivity contribution is -0.126. The van der Waals surface area contributed by atoms with Crippen LogP contribution in [0.15, 0.2) is 67.0 Å². The topological polar surface area (TPSA) is 140 Å². The van der Waals surface area contributed by atoms with E-state index in [1.54, 1.807) is 23.1 Å². The molecule has 11 nitrogen and oxygen atoms in total. The SMILES string of the molecule is Cc1c(COc2cc(OCc3cncc(C#N)c3)c(CN3CCCCC3C(=O)NS(=O)(=O)C(F)(F)F)cc2Cl)cccc1-c1ccc2c(c1)OCCO2. The van der Waals surface area contributed by atoms with E-state index in [0.29, 0.717) is 66.5 Å². The molecule has 0 saturated carbocycles. The van der Waals surface area contributed by atoms with Gasteiger partial charge in [0.2, 0.25) is 0 Å². The van der Waals surface area contributed by atoms with Crippen LogP contribution in [0.4, 0.5) is 13.2 Å². The zero-order valence-corrected chi connectivity index (χ0v) is 30.0. The first-order valence-electron chi connectivity index (χ1n) is 16.6. The van der Waals surface area contributed by atoms with Crippen LogP contribution in [0.25, 0.3) is 11.1 Å². The van der Waals surface area contributed by atoms with E-state index in [-0.39, 0.29) is 37.0 Å². The number of alkyl halides is 3. The maximum Gasteiger partial charge on any atom is 0.516 e. The van der Waals surface area contributed by atoms with E-state index in [2.05, 4.69) is 4.98 Å². The number of amides is 1.